The van der Waals surface area contributed by atoms with Gasteiger partial charge in [0, 0.05) is 7.11 Å². The largest absolute Gasteiger partial charge is 0.464 e. The van der Waals surface area contributed by atoms with E-state index in [1.807, 2.05) is 5.43 Å². The number of methoxy groups -OCH3 is 1. The van der Waals surface area contributed by atoms with Crippen LogP contribution in [0.3, 0.4) is 0 Å². The number of hydrogen-bond acceptors (Lipinski definition) is 3. The number of amides is 1. The number of nitrogens with zero attached hydrogens (tertiary/aromatic N) is 1. The molecule has 0 saturated carbocycles. The van der Waals surface area contributed by atoms with Gasteiger partial charge in [-0.3, -0.25) is 0 Å². The Balaban J connectivity index is 3.57. The number of hydrogen-bond donors (Lipinski definition) is 2. The second kappa shape index (κ2) is 4.75. The van der Waals surface area contributed by atoms with Gasteiger partial charge in [-0.2, -0.15) is 5.10 Å². The monoisotopic (exact) mass is 146 g/mol. The van der Waals surface area contributed by atoms with Gasteiger partial charge < -0.3 is 9.84 Å². The lowest BCUT2D eigenvalue weighted by Gasteiger charge is -1.96. The molecular weight excluding hydrogens is 136 g/mol. The van der Waals surface area contributed by atoms with Crippen LogP contribution < -0.4 is 5.43 Å². The molecular formula is C5H10N2O3. The molecule has 5 heteroatoms. The van der Waals surface area contributed by atoms with Crippen LogP contribution >= 0.6 is 0 Å². The van der Waals surface area contributed by atoms with Crippen LogP contribution in [0.1, 0.15) is 6.92 Å². The Morgan fingerprint density at radius 1 is 1.80 bits per heavy atom. The number of carbonyl (C=O) groups is 1. The molecule has 10 heavy (non-hydrogen) atoms. The SMILES string of the molecule is COCC(C)=NNC(=O)O. The van der Waals surface area contributed by atoms with Crippen LogP contribution in [-0.2, 0) is 4.74 Å². The molecule has 0 aromatic rings. The molecule has 5 nitrogen and oxygen atoms in total. The first-order valence-corrected chi connectivity index (χ1v) is 2.68. The molecule has 2 N–H and O–H groups in total. The summed E-state index contributed by atoms with van der Waals surface area (Å²) in [6.45, 7) is 2.00. The molecule has 0 radical (unpaired) electrons. The minimum Gasteiger partial charge on any atom is -0.464 e. The highest BCUT2D eigenvalue weighted by atomic mass is 16.5. The third kappa shape index (κ3) is 5.04. The minimum atomic E-state index is -1.17. The van der Waals surface area contributed by atoms with Gasteiger partial charge in [-0.1, -0.05) is 0 Å². The van der Waals surface area contributed by atoms with Gasteiger partial charge in [-0.05, 0) is 6.92 Å². The molecule has 0 aliphatic carbocycles. The minimum absolute atomic E-state index is 0.334. The van der Waals surface area contributed by atoms with Gasteiger partial charge >= 0.3 is 6.09 Å². The summed E-state index contributed by atoms with van der Waals surface area (Å²) in [5.74, 6) is 0. The van der Waals surface area contributed by atoms with E-state index in [-0.39, 0.29) is 0 Å². The normalized spacial score (nSPS) is 11.2. The fraction of sp³-hybridized carbons (Fsp3) is 0.600. The molecule has 1 amide bonds. The lowest BCUT2D eigenvalue weighted by atomic mass is 10.5. The quantitative estimate of drug-likeness (QED) is 0.443. The summed E-state index contributed by atoms with van der Waals surface area (Å²) in [5.41, 5.74) is 2.44. The Kier molecular flexibility index (Phi) is 4.23. The number of hydrazone groups is 1. The van der Waals surface area contributed by atoms with Crippen molar-refractivity contribution in [3.05, 3.63) is 0 Å². The van der Waals surface area contributed by atoms with Gasteiger partial charge in [-0.15, -0.1) is 0 Å². The molecule has 0 rings (SSSR count). The van der Waals surface area contributed by atoms with Crippen LogP contribution in [0.15, 0.2) is 5.10 Å². The molecule has 0 unspecified atom stereocenters. The van der Waals surface area contributed by atoms with Crippen LogP contribution in [0.2, 0.25) is 0 Å². The third-order valence-corrected chi connectivity index (χ3v) is 0.696. The summed E-state index contributed by atoms with van der Waals surface area (Å²) >= 11 is 0. The standard InChI is InChI=1S/C5H10N2O3/c1-4(3-10-2)6-7-5(8)9/h7H,3H2,1-2H3,(H,8,9). The van der Waals surface area contributed by atoms with Crippen molar-refractivity contribution in [3.63, 3.8) is 0 Å². The molecule has 0 saturated heterocycles. The highest BCUT2D eigenvalue weighted by Crippen LogP contribution is 1.75. The second-order valence-electron chi connectivity index (χ2n) is 1.70. The van der Waals surface area contributed by atoms with E-state index < -0.39 is 6.09 Å². The maximum Gasteiger partial charge on any atom is 0.425 e. The lowest BCUT2D eigenvalue weighted by Crippen LogP contribution is -2.17. The van der Waals surface area contributed by atoms with Gasteiger partial charge in [0.05, 0.1) is 12.3 Å². The van der Waals surface area contributed by atoms with E-state index in [0.29, 0.717) is 12.3 Å². The number of carboxylic acid groups (broad SMARTS) is 1. The van der Waals surface area contributed by atoms with E-state index in [2.05, 4.69) is 9.84 Å². The first-order valence-electron chi connectivity index (χ1n) is 2.68. The van der Waals surface area contributed by atoms with Gasteiger partial charge in [0.1, 0.15) is 0 Å². The van der Waals surface area contributed by atoms with Crippen molar-refractivity contribution in [2.75, 3.05) is 13.7 Å². The fourth-order valence-corrected chi connectivity index (χ4v) is 0.384. The highest BCUT2D eigenvalue weighted by molar-refractivity contribution is 5.84. The van der Waals surface area contributed by atoms with E-state index in [1.165, 1.54) is 7.11 Å². The van der Waals surface area contributed by atoms with Crippen LogP contribution in [0.25, 0.3) is 0 Å². The lowest BCUT2D eigenvalue weighted by molar-refractivity contribution is 0.194. The Morgan fingerprint density at radius 3 is 2.80 bits per heavy atom. The second-order valence-corrected chi connectivity index (χ2v) is 1.70. The Morgan fingerprint density at radius 2 is 2.40 bits per heavy atom. The zero-order chi connectivity index (χ0) is 7.98. The fourth-order valence-electron chi connectivity index (χ4n) is 0.384. The maximum atomic E-state index is 9.85. The zero-order valence-corrected chi connectivity index (χ0v) is 5.92. The summed E-state index contributed by atoms with van der Waals surface area (Å²) in [4.78, 5) is 9.85. The van der Waals surface area contributed by atoms with Crippen LogP contribution in [0.4, 0.5) is 4.79 Å². The molecule has 0 heterocycles. The van der Waals surface area contributed by atoms with E-state index in [1.54, 1.807) is 6.92 Å². The van der Waals surface area contributed by atoms with Crippen LogP contribution in [0.5, 0.6) is 0 Å². The average molecular weight is 146 g/mol. The van der Waals surface area contributed by atoms with Gasteiger partial charge in [0.25, 0.3) is 0 Å². The predicted molar refractivity (Wildman–Crippen MR) is 36.1 cm³/mol. The Labute approximate surface area is 58.7 Å². The zero-order valence-electron chi connectivity index (χ0n) is 5.92. The van der Waals surface area contributed by atoms with Crippen LogP contribution in [0, 0.1) is 0 Å². The summed E-state index contributed by atoms with van der Waals surface area (Å²) in [6, 6.07) is 0. The molecule has 0 aromatic heterocycles. The van der Waals surface area contributed by atoms with E-state index in [9.17, 15) is 4.79 Å². The van der Waals surface area contributed by atoms with E-state index >= 15 is 0 Å². The molecule has 0 aromatic carbocycles. The molecule has 0 atom stereocenters. The van der Waals surface area contributed by atoms with Gasteiger partial charge in [0.2, 0.25) is 0 Å². The number of nitrogens with one attached hydrogen (secondary N) is 1. The van der Waals surface area contributed by atoms with Crippen molar-refractivity contribution >= 4 is 11.8 Å². The Hall–Kier alpha value is -1.10. The summed E-state index contributed by atoms with van der Waals surface area (Å²) in [7, 11) is 1.51. The van der Waals surface area contributed by atoms with Gasteiger partial charge in [0.15, 0.2) is 0 Å². The van der Waals surface area contributed by atoms with Crippen molar-refractivity contribution in [1.82, 2.24) is 5.43 Å². The van der Waals surface area contributed by atoms with E-state index in [4.69, 9.17) is 5.11 Å². The van der Waals surface area contributed by atoms with Gasteiger partial charge in [-0.25, -0.2) is 10.2 Å². The highest BCUT2D eigenvalue weighted by Gasteiger charge is 1.91. The predicted octanol–water partition coefficient (Wildman–Crippen LogP) is 0.276. The van der Waals surface area contributed by atoms with Crippen molar-refractivity contribution in [2.24, 2.45) is 5.10 Å². The first-order chi connectivity index (χ1) is 4.66. The molecule has 58 valence electrons. The number of rotatable bonds is 3. The molecule has 0 spiro atoms. The topological polar surface area (TPSA) is 70.9 Å². The van der Waals surface area contributed by atoms with Crippen molar-refractivity contribution in [2.45, 2.75) is 6.92 Å². The number of ether oxygens (including phenoxy) is 1. The molecule has 0 fully saturated rings. The average Bonchev–Trinajstić information content (AvgIpc) is 1.85. The molecule has 0 aliphatic heterocycles. The van der Waals surface area contributed by atoms with E-state index in [0.717, 1.165) is 0 Å². The smallest absolute Gasteiger partial charge is 0.425 e. The van der Waals surface area contributed by atoms with Crippen LogP contribution in [-0.4, -0.2) is 30.6 Å². The van der Waals surface area contributed by atoms with Crippen molar-refractivity contribution in [3.8, 4) is 0 Å². The third-order valence-electron chi connectivity index (χ3n) is 0.696. The first kappa shape index (κ1) is 8.90. The van der Waals surface area contributed by atoms with Crippen molar-refractivity contribution in [1.29, 1.82) is 0 Å². The summed E-state index contributed by atoms with van der Waals surface area (Å²) in [5, 5.41) is 11.5. The summed E-state index contributed by atoms with van der Waals surface area (Å²) in [6.07, 6.45) is -1.17. The van der Waals surface area contributed by atoms with Crippen molar-refractivity contribution < 1.29 is 14.6 Å². The molecule has 0 bridgehead atoms. The maximum absolute atomic E-state index is 9.85. The molecule has 0 aliphatic rings. The summed E-state index contributed by atoms with van der Waals surface area (Å²) < 4.78 is 4.67. The Bertz CT molecular complexity index is 144.